The summed E-state index contributed by atoms with van der Waals surface area (Å²) in [7, 11) is 0. The molecule has 9 heteroatoms. The second-order valence-corrected chi connectivity index (χ2v) is 8.28. The summed E-state index contributed by atoms with van der Waals surface area (Å²) in [4.78, 5) is 33.4. The van der Waals surface area contributed by atoms with Crippen LogP contribution in [0.1, 0.15) is 23.8 Å². The molecule has 0 saturated carbocycles. The summed E-state index contributed by atoms with van der Waals surface area (Å²) in [6, 6.07) is 9.88. The minimum Gasteiger partial charge on any atom is -0.355 e. The largest absolute Gasteiger partial charge is 0.355 e. The van der Waals surface area contributed by atoms with Crippen LogP contribution in [0.3, 0.4) is 0 Å². The van der Waals surface area contributed by atoms with Crippen LogP contribution in [0.25, 0.3) is 16.3 Å². The van der Waals surface area contributed by atoms with Crippen molar-refractivity contribution in [1.82, 2.24) is 29.9 Å². The summed E-state index contributed by atoms with van der Waals surface area (Å²) in [5.74, 6) is -0.0275. The number of rotatable bonds is 6. The normalized spacial score (nSPS) is 14.9. The van der Waals surface area contributed by atoms with E-state index in [0.29, 0.717) is 38.4 Å². The number of para-hydroxylation sites is 1. The Morgan fingerprint density at radius 2 is 1.97 bits per heavy atom. The number of amides is 2. The third-order valence-electron chi connectivity index (χ3n) is 5.19. The van der Waals surface area contributed by atoms with Crippen LogP contribution in [0, 0.1) is 0 Å². The molecule has 1 N–H and O–H groups in total. The van der Waals surface area contributed by atoms with Crippen molar-refractivity contribution in [2.45, 2.75) is 13.3 Å². The van der Waals surface area contributed by atoms with Crippen molar-refractivity contribution in [2.24, 2.45) is 0 Å². The Kier molecular flexibility index (Phi) is 6.73. The maximum Gasteiger partial charge on any atom is 0.273 e. The van der Waals surface area contributed by atoms with Crippen molar-refractivity contribution in [3.8, 4) is 16.3 Å². The topological polar surface area (TPSA) is 83.4 Å². The van der Waals surface area contributed by atoms with Crippen LogP contribution < -0.4 is 5.32 Å². The predicted octanol–water partition coefficient (Wildman–Crippen LogP) is 2.28. The average molecular weight is 439 g/mol. The van der Waals surface area contributed by atoms with E-state index in [-0.39, 0.29) is 11.8 Å². The van der Waals surface area contributed by atoms with E-state index in [1.165, 1.54) is 11.3 Å². The van der Waals surface area contributed by atoms with Crippen LogP contribution >= 0.6 is 11.3 Å². The molecule has 3 aromatic rings. The second kappa shape index (κ2) is 9.84. The maximum atomic E-state index is 13.0. The number of carbonyl (C=O) groups is 2. The summed E-state index contributed by atoms with van der Waals surface area (Å²) < 4.78 is 1.80. The van der Waals surface area contributed by atoms with E-state index in [1.807, 2.05) is 53.7 Å². The van der Waals surface area contributed by atoms with E-state index in [1.54, 1.807) is 10.9 Å². The molecule has 2 amide bonds. The number of aromatic nitrogens is 3. The molecular formula is C22H26N6O2S. The number of hydrogen-bond acceptors (Lipinski definition) is 6. The summed E-state index contributed by atoms with van der Waals surface area (Å²) in [5.41, 5.74) is 2.32. The van der Waals surface area contributed by atoms with Gasteiger partial charge in [-0.2, -0.15) is 5.10 Å². The highest BCUT2D eigenvalue weighted by molar-refractivity contribution is 7.13. The third-order valence-corrected chi connectivity index (χ3v) is 6.08. The van der Waals surface area contributed by atoms with Gasteiger partial charge in [-0.05, 0) is 25.5 Å². The fourth-order valence-electron chi connectivity index (χ4n) is 3.61. The van der Waals surface area contributed by atoms with E-state index in [2.05, 4.69) is 20.3 Å². The molecule has 0 atom stereocenters. The molecule has 0 spiro atoms. The zero-order valence-corrected chi connectivity index (χ0v) is 18.3. The summed E-state index contributed by atoms with van der Waals surface area (Å²) >= 11 is 1.45. The lowest BCUT2D eigenvalue weighted by Gasteiger charge is -2.21. The minimum atomic E-state index is -0.0576. The Morgan fingerprint density at radius 3 is 2.77 bits per heavy atom. The first-order chi connectivity index (χ1) is 15.1. The predicted molar refractivity (Wildman–Crippen MR) is 120 cm³/mol. The second-order valence-electron chi connectivity index (χ2n) is 7.42. The van der Waals surface area contributed by atoms with Gasteiger partial charge in [-0.15, -0.1) is 11.3 Å². The SMILES string of the molecule is CCNC(=O)CN1CCCN(C(=O)c2csc(-c3cnn(-c4ccccc4)c3)n2)CC1. The number of nitrogens with zero attached hydrogens (tertiary/aromatic N) is 5. The first-order valence-electron chi connectivity index (χ1n) is 10.5. The quantitative estimate of drug-likeness (QED) is 0.638. The molecule has 1 aliphatic rings. The molecule has 0 bridgehead atoms. The lowest BCUT2D eigenvalue weighted by Crippen LogP contribution is -2.40. The van der Waals surface area contributed by atoms with E-state index >= 15 is 0 Å². The molecule has 4 rings (SSSR count). The minimum absolute atomic E-state index is 0.0301. The van der Waals surface area contributed by atoms with E-state index < -0.39 is 0 Å². The Morgan fingerprint density at radius 1 is 1.13 bits per heavy atom. The monoisotopic (exact) mass is 438 g/mol. The molecule has 1 saturated heterocycles. The molecule has 31 heavy (non-hydrogen) atoms. The van der Waals surface area contributed by atoms with Gasteiger partial charge in [-0.1, -0.05) is 18.2 Å². The Hall–Kier alpha value is -3.04. The number of benzene rings is 1. The third kappa shape index (κ3) is 5.18. The molecule has 8 nitrogen and oxygen atoms in total. The first-order valence-corrected chi connectivity index (χ1v) is 11.4. The zero-order chi connectivity index (χ0) is 21.6. The molecule has 0 radical (unpaired) electrons. The zero-order valence-electron chi connectivity index (χ0n) is 17.5. The average Bonchev–Trinajstić information content (AvgIpc) is 3.41. The summed E-state index contributed by atoms with van der Waals surface area (Å²) in [6.07, 6.45) is 4.53. The van der Waals surface area contributed by atoms with Crippen LogP contribution in [-0.2, 0) is 4.79 Å². The van der Waals surface area contributed by atoms with Crippen LogP contribution in [0.15, 0.2) is 48.1 Å². The Balaban J connectivity index is 1.39. The van der Waals surface area contributed by atoms with Gasteiger partial charge in [0.1, 0.15) is 10.7 Å². The van der Waals surface area contributed by atoms with Crippen LogP contribution in [0.5, 0.6) is 0 Å². The molecule has 0 aliphatic carbocycles. The van der Waals surface area contributed by atoms with Crippen LogP contribution in [-0.4, -0.2) is 75.6 Å². The smallest absolute Gasteiger partial charge is 0.273 e. The van der Waals surface area contributed by atoms with Crippen molar-refractivity contribution < 1.29 is 9.59 Å². The molecule has 1 aromatic carbocycles. The molecule has 1 aliphatic heterocycles. The van der Waals surface area contributed by atoms with Crippen LogP contribution in [0.4, 0.5) is 0 Å². The van der Waals surface area contributed by atoms with Crippen molar-refractivity contribution in [3.05, 3.63) is 53.8 Å². The Bertz CT molecular complexity index is 1030. The van der Waals surface area contributed by atoms with Gasteiger partial charge in [-0.25, -0.2) is 9.67 Å². The fourth-order valence-corrected chi connectivity index (χ4v) is 4.38. The summed E-state index contributed by atoms with van der Waals surface area (Å²) in [5, 5.41) is 9.83. The van der Waals surface area contributed by atoms with Crippen molar-refractivity contribution in [2.75, 3.05) is 39.3 Å². The number of carbonyl (C=O) groups excluding carboxylic acids is 2. The number of thiazole rings is 1. The number of nitrogens with one attached hydrogen (secondary N) is 1. The van der Waals surface area contributed by atoms with Gasteiger partial charge in [0, 0.05) is 49.9 Å². The Labute approximate surface area is 185 Å². The highest BCUT2D eigenvalue weighted by atomic mass is 32.1. The van der Waals surface area contributed by atoms with Crippen molar-refractivity contribution in [3.63, 3.8) is 0 Å². The highest BCUT2D eigenvalue weighted by Gasteiger charge is 2.23. The summed E-state index contributed by atoms with van der Waals surface area (Å²) in [6.45, 7) is 5.68. The molecule has 2 aromatic heterocycles. The lowest BCUT2D eigenvalue weighted by atomic mass is 10.3. The lowest BCUT2D eigenvalue weighted by molar-refractivity contribution is -0.122. The van der Waals surface area contributed by atoms with Crippen molar-refractivity contribution >= 4 is 23.2 Å². The van der Waals surface area contributed by atoms with E-state index in [9.17, 15) is 9.59 Å². The molecule has 1 fully saturated rings. The van der Waals surface area contributed by atoms with Gasteiger partial charge in [0.2, 0.25) is 5.91 Å². The fraction of sp³-hybridized carbons (Fsp3) is 0.364. The molecule has 3 heterocycles. The van der Waals surface area contributed by atoms with E-state index in [4.69, 9.17) is 0 Å². The van der Waals surface area contributed by atoms with Gasteiger partial charge < -0.3 is 10.2 Å². The number of hydrogen-bond donors (Lipinski definition) is 1. The standard InChI is InChI=1S/C22H26N6O2S/c1-2-23-20(29)15-26-9-6-10-27(12-11-26)22(30)19-16-31-21(25-19)17-13-24-28(14-17)18-7-4-3-5-8-18/h3-5,7-8,13-14,16H,2,6,9-12,15H2,1H3,(H,23,29). The van der Waals surface area contributed by atoms with Crippen molar-refractivity contribution in [1.29, 1.82) is 0 Å². The van der Waals surface area contributed by atoms with Gasteiger partial charge in [0.25, 0.3) is 5.91 Å². The molecular weight excluding hydrogens is 412 g/mol. The molecule has 162 valence electrons. The first kappa shape index (κ1) is 21.2. The maximum absolute atomic E-state index is 13.0. The van der Waals surface area contributed by atoms with Gasteiger partial charge in [0.15, 0.2) is 0 Å². The highest BCUT2D eigenvalue weighted by Crippen LogP contribution is 2.25. The van der Waals surface area contributed by atoms with Gasteiger partial charge >= 0.3 is 0 Å². The van der Waals surface area contributed by atoms with E-state index in [0.717, 1.165) is 29.2 Å². The van der Waals surface area contributed by atoms with Gasteiger partial charge in [0.05, 0.1) is 18.4 Å². The molecule has 0 unspecified atom stereocenters. The van der Waals surface area contributed by atoms with Gasteiger partial charge in [-0.3, -0.25) is 14.5 Å². The van der Waals surface area contributed by atoms with Crippen LogP contribution in [0.2, 0.25) is 0 Å². The number of likely N-dealkylation sites (N-methyl/N-ethyl adjacent to an activating group) is 1.